The third kappa shape index (κ3) is 2.78. The molecule has 3 aromatic rings. The van der Waals surface area contributed by atoms with Gasteiger partial charge in [-0.15, -0.1) is 22.9 Å². The van der Waals surface area contributed by atoms with E-state index in [0.29, 0.717) is 5.88 Å². The minimum Gasteiger partial charge on any atom is -0.497 e. The summed E-state index contributed by atoms with van der Waals surface area (Å²) in [6.45, 7) is 2.98. The Balaban J connectivity index is 2.12. The zero-order valence-corrected chi connectivity index (χ0v) is 13.7. The third-order valence-corrected chi connectivity index (χ3v) is 4.82. The van der Waals surface area contributed by atoms with E-state index in [9.17, 15) is 0 Å². The highest BCUT2D eigenvalue weighted by molar-refractivity contribution is 7.10. The van der Waals surface area contributed by atoms with Gasteiger partial charge in [-0.05, 0) is 36.1 Å². The van der Waals surface area contributed by atoms with Gasteiger partial charge in [-0.2, -0.15) is 0 Å². The van der Waals surface area contributed by atoms with Gasteiger partial charge in [0.25, 0.3) is 0 Å². The van der Waals surface area contributed by atoms with Crippen LogP contribution in [0.3, 0.4) is 0 Å². The van der Waals surface area contributed by atoms with Crippen molar-refractivity contribution in [2.45, 2.75) is 19.9 Å². The summed E-state index contributed by atoms with van der Waals surface area (Å²) in [6, 6.07) is 8.15. The first-order chi connectivity index (χ1) is 10.2. The second-order valence-corrected chi connectivity index (χ2v) is 6.31. The fourth-order valence-electron chi connectivity index (χ4n) is 2.44. The van der Waals surface area contributed by atoms with Crippen molar-refractivity contribution in [3.63, 3.8) is 0 Å². The molecule has 2 aromatic heterocycles. The summed E-state index contributed by atoms with van der Waals surface area (Å²) >= 11 is 7.71. The molecule has 0 saturated carbocycles. The third-order valence-electron chi connectivity index (χ3n) is 3.62. The lowest BCUT2D eigenvalue weighted by Crippen LogP contribution is -2.05. The number of alkyl halides is 1. The van der Waals surface area contributed by atoms with Crippen molar-refractivity contribution in [3.05, 3.63) is 45.9 Å². The summed E-state index contributed by atoms with van der Waals surface area (Å²) < 4.78 is 7.59. The summed E-state index contributed by atoms with van der Waals surface area (Å²) in [6.07, 6.45) is 0.767. The van der Waals surface area contributed by atoms with Gasteiger partial charge in [0.15, 0.2) is 0 Å². The number of ether oxygens (including phenoxy) is 1. The van der Waals surface area contributed by atoms with E-state index in [-0.39, 0.29) is 0 Å². The number of methoxy groups -OCH3 is 1. The van der Waals surface area contributed by atoms with Gasteiger partial charge in [-0.25, -0.2) is 4.98 Å². The topological polar surface area (TPSA) is 27.1 Å². The molecular weight excluding hydrogens is 304 g/mol. The molecule has 3 rings (SSSR count). The van der Waals surface area contributed by atoms with Gasteiger partial charge >= 0.3 is 0 Å². The van der Waals surface area contributed by atoms with Crippen molar-refractivity contribution in [1.82, 2.24) is 9.55 Å². The Labute approximate surface area is 133 Å². The van der Waals surface area contributed by atoms with Crippen molar-refractivity contribution in [3.8, 4) is 5.75 Å². The summed E-state index contributed by atoms with van der Waals surface area (Å²) in [4.78, 5) is 6.07. The molecule has 2 heterocycles. The molecule has 0 aliphatic rings. The highest BCUT2D eigenvalue weighted by Gasteiger charge is 2.13. The Hall–Kier alpha value is -1.52. The van der Waals surface area contributed by atoms with Crippen LogP contribution in [0.2, 0.25) is 0 Å². The van der Waals surface area contributed by atoms with Gasteiger partial charge in [-0.3, -0.25) is 0 Å². The van der Waals surface area contributed by atoms with E-state index >= 15 is 0 Å². The van der Waals surface area contributed by atoms with Gasteiger partial charge in [0.2, 0.25) is 0 Å². The van der Waals surface area contributed by atoms with Crippen molar-refractivity contribution < 1.29 is 4.74 Å². The normalized spacial score (nSPS) is 11.2. The van der Waals surface area contributed by atoms with Crippen molar-refractivity contribution in [1.29, 1.82) is 0 Å². The number of aryl methyl sites for hydroxylation is 2. The molecule has 0 aliphatic heterocycles. The molecule has 0 atom stereocenters. The van der Waals surface area contributed by atoms with Crippen LogP contribution in [0.1, 0.15) is 16.3 Å². The van der Waals surface area contributed by atoms with Crippen LogP contribution in [0.5, 0.6) is 5.75 Å². The maximum atomic E-state index is 5.93. The zero-order chi connectivity index (χ0) is 14.8. The molecule has 0 spiro atoms. The van der Waals surface area contributed by atoms with E-state index in [1.165, 1.54) is 10.4 Å². The Bertz CT molecular complexity index is 763. The molecule has 21 heavy (non-hydrogen) atoms. The maximum absolute atomic E-state index is 5.93. The molecule has 3 nitrogen and oxygen atoms in total. The minimum atomic E-state index is 0.573. The van der Waals surface area contributed by atoms with Crippen LogP contribution < -0.4 is 4.74 Å². The van der Waals surface area contributed by atoms with Crippen LogP contribution in [0.4, 0.5) is 0 Å². The van der Waals surface area contributed by atoms with E-state index in [0.717, 1.165) is 35.6 Å². The van der Waals surface area contributed by atoms with E-state index in [4.69, 9.17) is 21.3 Å². The van der Waals surface area contributed by atoms with Crippen LogP contribution in [-0.4, -0.2) is 22.5 Å². The number of hydrogen-bond acceptors (Lipinski definition) is 3. The molecule has 0 bridgehead atoms. The van der Waals surface area contributed by atoms with Gasteiger partial charge in [0.1, 0.15) is 11.6 Å². The second kappa shape index (κ2) is 6.08. The summed E-state index contributed by atoms with van der Waals surface area (Å²) in [5.74, 6) is 2.45. The molecular formula is C16H17ClN2OS. The van der Waals surface area contributed by atoms with Crippen molar-refractivity contribution >= 4 is 34.0 Å². The van der Waals surface area contributed by atoms with Crippen LogP contribution in [0.25, 0.3) is 11.0 Å². The van der Waals surface area contributed by atoms with Crippen molar-refractivity contribution in [2.75, 3.05) is 13.0 Å². The molecule has 0 N–H and O–H groups in total. The molecule has 0 fully saturated rings. The number of halogens is 1. The lowest BCUT2D eigenvalue weighted by molar-refractivity contribution is 0.415. The smallest absolute Gasteiger partial charge is 0.121 e. The zero-order valence-electron chi connectivity index (χ0n) is 12.1. The monoisotopic (exact) mass is 320 g/mol. The SMILES string of the molecule is COc1ccc2nc(CCCl)n(Cc3sccc3C)c2c1. The number of nitrogens with zero attached hydrogens (tertiary/aromatic N) is 2. The number of imidazole rings is 1. The van der Waals surface area contributed by atoms with Crippen molar-refractivity contribution in [2.24, 2.45) is 0 Å². The Kier molecular flexibility index (Phi) is 4.17. The maximum Gasteiger partial charge on any atom is 0.121 e. The lowest BCUT2D eigenvalue weighted by Gasteiger charge is -2.09. The molecule has 0 radical (unpaired) electrons. The standard InChI is InChI=1S/C16H17ClN2OS/c1-11-6-8-21-15(11)10-19-14-9-12(20-2)3-4-13(14)18-16(19)5-7-17/h3-4,6,8-9H,5,7,10H2,1-2H3. The van der Waals surface area contributed by atoms with E-state index in [2.05, 4.69) is 22.9 Å². The van der Waals surface area contributed by atoms with Gasteiger partial charge in [0.05, 0.1) is 24.7 Å². The summed E-state index contributed by atoms with van der Waals surface area (Å²) in [5.41, 5.74) is 3.41. The molecule has 110 valence electrons. The fraction of sp³-hybridized carbons (Fsp3) is 0.312. The molecule has 0 unspecified atom stereocenters. The second-order valence-electron chi connectivity index (χ2n) is 4.93. The first kappa shape index (κ1) is 14.4. The van der Waals surface area contributed by atoms with Gasteiger partial charge in [0, 0.05) is 23.2 Å². The minimum absolute atomic E-state index is 0.573. The molecule has 0 amide bonds. The first-order valence-corrected chi connectivity index (χ1v) is 8.26. The summed E-state index contributed by atoms with van der Waals surface area (Å²) in [5, 5.41) is 2.13. The summed E-state index contributed by atoms with van der Waals surface area (Å²) in [7, 11) is 1.69. The molecule has 5 heteroatoms. The predicted molar refractivity (Wildman–Crippen MR) is 88.9 cm³/mol. The van der Waals surface area contributed by atoms with Crippen LogP contribution in [0, 0.1) is 6.92 Å². The molecule has 0 saturated heterocycles. The largest absolute Gasteiger partial charge is 0.497 e. The van der Waals surface area contributed by atoms with Crippen LogP contribution in [-0.2, 0) is 13.0 Å². The molecule has 1 aromatic carbocycles. The first-order valence-electron chi connectivity index (χ1n) is 6.85. The van der Waals surface area contributed by atoms with Crippen LogP contribution >= 0.6 is 22.9 Å². The Morgan fingerprint density at radius 3 is 2.86 bits per heavy atom. The highest BCUT2D eigenvalue weighted by Crippen LogP contribution is 2.25. The number of fused-ring (bicyclic) bond motifs is 1. The average molecular weight is 321 g/mol. The van der Waals surface area contributed by atoms with Gasteiger partial charge in [-0.1, -0.05) is 0 Å². The average Bonchev–Trinajstić information content (AvgIpc) is 3.04. The van der Waals surface area contributed by atoms with E-state index < -0.39 is 0 Å². The lowest BCUT2D eigenvalue weighted by atomic mass is 10.2. The fourth-order valence-corrected chi connectivity index (χ4v) is 3.50. The number of benzene rings is 1. The Morgan fingerprint density at radius 1 is 1.33 bits per heavy atom. The quantitative estimate of drug-likeness (QED) is 0.657. The number of rotatable bonds is 5. The van der Waals surface area contributed by atoms with Crippen LogP contribution in [0.15, 0.2) is 29.6 Å². The number of aromatic nitrogens is 2. The van der Waals surface area contributed by atoms with Gasteiger partial charge < -0.3 is 9.30 Å². The van der Waals surface area contributed by atoms with E-state index in [1.54, 1.807) is 18.4 Å². The predicted octanol–water partition coefficient (Wildman–Crippen LogP) is 4.24. The highest BCUT2D eigenvalue weighted by atomic mass is 35.5. The van der Waals surface area contributed by atoms with E-state index in [1.807, 2.05) is 18.2 Å². The number of hydrogen-bond donors (Lipinski definition) is 0. The molecule has 0 aliphatic carbocycles. The number of thiophene rings is 1. The Morgan fingerprint density at radius 2 is 2.19 bits per heavy atom.